The van der Waals surface area contributed by atoms with Crippen molar-refractivity contribution in [1.82, 2.24) is 9.55 Å². The molecule has 18 heavy (non-hydrogen) atoms. The summed E-state index contributed by atoms with van der Waals surface area (Å²) in [5, 5.41) is 0.293. The molecule has 0 spiro atoms. The molecule has 0 unspecified atom stereocenters. The first-order chi connectivity index (χ1) is 8.47. The van der Waals surface area contributed by atoms with Crippen molar-refractivity contribution in [3.63, 3.8) is 0 Å². The van der Waals surface area contributed by atoms with Gasteiger partial charge in [-0.25, -0.2) is 9.18 Å². The molecule has 6 heteroatoms. The van der Waals surface area contributed by atoms with Gasteiger partial charge >= 0.3 is 5.69 Å². The van der Waals surface area contributed by atoms with Gasteiger partial charge in [-0.1, -0.05) is 17.7 Å². The molecule has 0 aliphatic rings. The van der Waals surface area contributed by atoms with Gasteiger partial charge in [0.15, 0.2) is 0 Å². The molecule has 0 saturated carbocycles. The molecule has 0 aliphatic carbocycles. The van der Waals surface area contributed by atoms with Crippen LogP contribution in [0.2, 0.25) is 5.02 Å². The second-order valence-corrected chi connectivity index (χ2v) is 4.37. The van der Waals surface area contributed by atoms with Crippen molar-refractivity contribution in [2.75, 3.05) is 0 Å². The van der Waals surface area contributed by atoms with E-state index in [9.17, 15) is 14.0 Å². The van der Waals surface area contributed by atoms with Crippen LogP contribution in [0.25, 0.3) is 0 Å². The van der Waals surface area contributed by atoms with Crippen molar-refractivity contribution in [3.05, 3.63) is 67.2 Å². The molecule has 0 atom stereocenters. The fraction of sp³-hybridized carbons (Fsp3) is 0.167. The maximum absolute atomic E-state index is 13.6. The minimum absolute atomic E-state index is 0.0411. The lowest BCUT2D eigenvalue weighted by Crippen LogP contribution is -2.31. The number of benzene rings is 1. The van der Waals surface area contributed by atoms with Gasteiger partial charge in [0, 0.05) is 22.3 Å². The van der Waals surface area contributed by atoms with E-state index in [1.54, 1.807) is 13.0 Å². The molecule has 94 valence electrons. The zero-order valence-corrected chi connectivity index (χ0v) is 10.3. The van der Waals surface area contributed by atoms with Gasteiger partial charge in [0.05, 0.1) is 6.54 Å². The summed E-state index contributed by atoms with van der Waals surface area (Å²) in [6.07, 6.45) is 1.40. The first-order valence-electron chi connectivity index (χ1n) is 5.21. The third-order valence-corrected chi connectivity index (χ3v) is 2.78. The van der Waals surface area contributed by atoms with Crippen molar-refractivity contribution in [1.29, 1.82) is 0 Å². The number of rotatable bonds is 2. The van der Waals surface area contributed by atoms with Crippen LogP contribution in [0.3, 0.4) is 0 Å². The van der Waals surface area contributed by atoms with Gasteiger partial charge in [-0.2, -0.15) is 0 Å². The van der Waals surface area contributed by atoms with Crippen LogP contribution < -0.4 is 11.2 Å². The highest BCUT2D eigenvalue weighted by molar-refractivity contribution is 6.30. The smallest absolute Gasteiger partial charge is 0.296 e. The third-order valence-electron chi connectivity index (χ3n) is 2.54. The molecule has 1 aromatic heterocycles. The summed E-state index contributed by atoms with van der Waals surface area (Å²) in [4.78, 5) is 24.9. The Morgan fingerprint density at radius 3 is 2.78 bits per heavy atom. The van der Waals surface area contributed by atoms with Gasteiger partial charge < -0.3 is 0 Å². The molecule has 0 aliphatic heterocycles. The van der Waals surface area contributed by atoms with E-state index >= 15 is 0 Å². The Bertz CT molecular complexity index is 706. The summed E-state index contributed by atoms with van der Waals surface area (Å²) in [7, 11) is 0. The van der Waals surface area contributed by atoms with Crippen molar-refractivity contribution in [2.24, 2.45) is 0 Å². The van der Waals surface area contributed by atoms with Crippen LogP contribution in [0.1, 0.15) is 11.1 Å². The fourth-order valence-electron chi connectivity index (χ4n) is 1.57. The Morgan fingerprint density at radius 2 is 2.11 bits per heavy atom. The number of aryl methyl sites for hydroxylation is 1. The molecular weight excluding hydrogens is 259 g/mol. The minimum Gasteiger partial charge on any atom is -0.296 e. The quantitative estimate of drug-likeness (QED) is 0.901. The number of aromatic nitrogens is 2. The van der Waals surface area contributed by atoms with Crippen LogP contribution in [0, 0.1) is 12.7 Å². The van der Waals surface area contributed by atoms with E-state index in [4.69, 9.17) is 11.6 Å². The van der Waals surface area contributed by atoms with Crippen molar-refractivity contribution in [2.45, 2.75) is 13.5 Å². The number of aromatic amines is 1. The average molecular weight is 269 g/mol. The predicted octanol–water partition coefficient (Wildman–Crippen LogP) is 1.69. The normalized spacial score (nSPS) is 10.6. The molecule has 0 saturated heterocycles. The summed E-state index contributed by atoms with van der Waals surface area (Å²) in [5.41, 5.74) is -0.287. The van der Waals surface area contributed by atoms with Gasteiger partial charge in [-0.05, 0) is 19.1 Å². The number of hydrogen-bond donors (Lipinski definition) is 1. The van der Waals surface area contributed by atoms with Gasteiger partial charge in [0.1, 0.15) is 5.82 Å². The highest BCUT2D eigenvalue weighted by atomic mass is 35.5. The van der Waals surface area contributed by atoms with Crippen molar-refractivity contribution >= 4 is 11.6 Å². The Kier molecular flexibility index (Phi) is 3.34. The van der Waals surface area contributed by atoms with Gasteiger partial charge in [0.25, 0.3) is 5.56 Å². The first-order valence-corrected chi connectivity index (χ1v) is 5.59. The SMILES string of the molecule is Cc1cn(Cc2ccc(Cl)cc2F)c(=O)[nH]c1=O. The Balaban J connectivity index is 2.43. The standard InChI is InChI=1S/C12H10ClFN2O2/c1-7-5-16(12(18)15-11(7)17)6-8-2-3-9(13)4-10(8)14/h2-5H,6H2,1H3,(H,15,17,18). The molecule has 2 aromatic rings. The Labute approximate surface area is 107 Å². The zero-order chi connectivity index (χ0) is 13.3. The molecule has 0 fully saturated rings. The lowest BCUT2D eigenvalue weighted by atomic mass is 10.2. The Morgan fingerprint density at radius 1 is 1.39 bits per heavy atom. The number of halogens is 2. The first kappa shape index (κ1) is 12.6. The summed E-state index contributed by atoms with van der Waals surface area (Å²) >= 11 is 5.64. The summed E-state index contributed by atoms with van der Waals surface area (Å²) in [6.45, 7) is 1.62. The molecule has 4 nitrogen and oxygen atoms in total. The molecule has 0 amide bonds. The summed E-state index contributed by atoms with van der Waals surface area (Å²) in [6, 6.07) is 4.23. The van der Waals surface area contributed by atoms with E-state index in [1.165, 1.54) is 22.9 Å². The monoisotopic (exact) mass is 268 g/mol. The van der Waals surface area contributed by atoms with Crippen LogP contribution in [0.4, 0.5) is 4.39 Å². The van der Waals surface area contributed by atoms with Gasteiger partial charge in [-0.3, -0.25) is 14.3 Å². The van der Waals surface area contributed by atoms with Crippen molar-refractivity contribution < 1.29 is 4.39 Å². The molecule has 1 heterocycles. The lowest BCUT2D eigenvalue weighted by molar-refractivity contribution is 0.592. The average Bonchev–Trinajstić information content (AvgIpc) is 2.29. The number of nitrogens with zero attached hydrogens (tertiary/aromatic N) is 1. The minimum atomic E-state index is -0.569. The van der Waals surface area contributed by atoms with Crippen LogP contribution >= 0.6 is 11.6 Å². The van der Waals surface area contributed by atoms with Gasteiger partial charge in [0.2, 0.25) is 0 Å². The van der Waals surface area contributed by atoms with E-state index in [0.717, 1.165) is 0 Å². The predicted molar refractivity (Wildman–Crippen MR) is 66.6 cm³/mol. The zero-order valence-electron chi connectivity index (χ0n) is 9.54. The van der Waals surface area contributed by atoms with Crippen LogP contribution in [-0.4, -0.2) is 9.55 Å². The number of hydrogen-bond acceptors (Lipinski definition) is 2. The topological polar surface area (TPSA) is 54.9 Å². The molecule has 2 rings (SSSR count). The molecule has 1 aromatic carbocycles. The number of nitrogens with one attached hydrogen (secondary N) is 1. The summed E-state index contributed by atoms with van der Waals surface area (Å²) < 4.78 is 14.8. The van der Waals surface area contributed by atoms with Crippen LogP contribution in [0.5, 0.6) is 0 Å². The van der Waals surface area contributed by atoms with Crippen LogP contribution in [-0.2, 0) is 6.54 Å². The van der Waals surface area contributed by atoms with Crippen LogP contribution in [0.15, 0.2) is 34.0 Å². The largest absolute Gasteiger partial charge is 0.328 e. The van der Waals surface area contributed by atoms with E-state index in [-0.39, 0.29) is 6.54 Å². The van der Waals surface area contributed by atoms with E-state index in [1.807, 2.05) is 0 Å². The second kappa shape index (κ2) is 4.78. The molecular formula is C12H10ClFN2O2. The fourth-order valence-corrected chi connectivity index (χ4v) is 1.73. The summed E-state index contributed by atoms with van der Waals surface area (Å²) in [5.74, 6) is -0.488. The van der Waals surface area contributed by atoms with Crippen molar-refractivity contribution in [3.8, 4) is 0 Å². The highest BCUT2D eigenvalue weighted by Crippen LogP contribution is 2.15. The van der Waals surface area contributed by atoms with E-state index in [0.29, 0.717) is 16.1 Å². The highest BCUT2D eigenvalue weighted by Gasteiger charge is 2.06. The van der Waals surface area contributed by atoms with E-state index in [2.05, 4.69) is 4.98 Å². The second-order valence-electron chi connectivity index (χ2n) is 3.94. The third kappa shape index (κ3) is 2.51. The molecule has 0 bridgehead atoms. The Hall–Kier alpha value is -1.88. The molecule has 0 radical (unpaired) electrons. The number of H-pyrrole nitrogens is 1. The van der Waals surface area contributed by atoms with E-state index < -0.39 is 17.1 Å². The maximum atomic E-state index is 13.6. The molecule has 1 N–H and O–H groups in total. The maximum Gasteiger partial charge on any atom is 0.328 e. The van der Waals surface area contributed by atoms with Gasteiger partial charge in [-0.15, -0.1) is 0 Å². The lowest BCUT2D eigenvalue weighted by Gasteiger charge is -2.07.